The number of nitrogens with one attached hydrogen (secondary N) is 1. The molecular weight excluding hydrogens is 414 g/mol. The van der Waals surface area contributed by atoms with Crippen LogP contribution in [0.1, 0.15) is 31.9 Å². The van der Waals surface area contributed by atoms with Gasteiger partial charge in [-0.05, 0) is 35.9 Å². The first kappa shape index (κ1) is 22.7. The summed E-state index contributed by atoms with van der Waals surface area (Å²) in [5.41, 5.74) is 2.84. The fourth-order valence-corrected chi connectivity index (χ4v) is 3.60. The Hall–Kier alpha value is -3.00. The van der Waals surface area contributed by atoms with Crippen LogP contribution in [0.25, 0.3) is 0 Å². The molecular formula is C23H27N3O4S. The van der Waals surface area contributed by atoms with Gasteiger partial charge < -0.3 is 14.8 Å². The number of carbonyl (C=O) groups is 2. The van der Waals surface area contributed by atoms with Crippen molar-refractivity contribution in [1.82, 2.24) is 5.01 Å². The van der Waals surface area contributed by atoms with Gasteiger partial charge in [0.05, 0.1) is 26.5 Å². The molecule has 0 aliphatic carbocycles. The molecule has 0 unspecified atom stereocenters. The van der Waals surface area contributed by atoms with Gasteiger partial charge >= 0.3 is 5.24 Å². The molecule has 2 aromatic carbocycles. The van der Waals surface area contributed by atoms with E-state index >= 15 is 0 Å². The molecule has 164 valence electrons. The summed E-state index contributed by atoms with van der Waals surface area (Å²) >= 11 is 1.21. The average Bonchev–Trinajstić information content (AvgIpc) is 2.75. The standard InChI is InChI=1S/C23H27N3O4S/c1-23(2,3)21(27)24-17-9-6-15(7-10-17)13-26-22(28)31-14-18(25-26)16-8-11-19(29-4)20(12-16)30-5/h6-12H,13-14H2,1-5H3,(H,24,27). The maximum absolute atomic E-state index is 12.4. The second kappa shape index (κ2) is 9.43. The van der Waals surface area contributed by atoms with Crippen LogP contribution in [0, 0.1) is 5.41 Å². The maximum Gasteiger partial charge on any atom is 0.302 e. The molecule has 31 heavy (non-hydrogen) atoms. The monoisotopic (exact) mass is 441 g/mol. The lowest BCUT2D eigenvalue weighted by Gasteiger charge is -2.23. The second-order valence-electron chi connectivity index (χ2n) is 8.13. The Morgan fingerprint density at radius 1 is 1.10 bits per heavy atom. The predicted molar refractivity (Wildman–Crippen MR) is 124 cm³/mol. The number of anilines is 1. The van der Waals surface area contributed by atoms with Crippen molar-refractivity contribution in [1.29, 1.82) is 0 Å². The summed E-state index contributed by atoms with van der Waals surface area (Å²) in [6, 6.07) is 13.0. The highest BCUT2D eigenvalue weighted by atomic mass is 32.2. The summed E-state index contributed by atoms with van der Waals surface area (Å²) in [6.07, 6.45) is 0. The summed E-state index contributed by atoms with van der Waals surface area (Å²) in [6.45, 7) is 5.94. The summed E-state index contributed by atoms with van der Waals surface area (Å²) in [7, 11) is 3.17. The Balaban J connectivity index is 1.75. The first-order chi connectivity index (χ1) is 14.7. The van der Waals surface area contributed by atoms with Crippen LogP contribution in [0.4, 0.5) is 10.5 Å². The third-order valence-corrected chi connectivity index (χ3v) is 5.60. The van der Waals surface area contributed by atoms with E-state index in [-0.39, 0.29) is 11.1 Å². The van der Waals surface area contributed by atoms with Crippen molar-refractivity contribution < 1.29 is 19.1 Å². The molecule has 0 spiro atoms. The van der Waals surface area contributed by atoms with Crippen molar-refractivity contribution in [2.24, 2.45) is 10.5 Å². The van der Waals surface area contributed by atoms with Gasteiger partial charge in [0.25, 0.3) is 0 Å². The molecule has 0 aromatic heterocycles. The highest BCUT2D eigenvalue weighted by molar-refractivity contribution is 8.14. The number of benzene rings is 2. The normalized spacial score (nSPS) is 14.2. The number of rotatable bonds is 6. The molecule has 0 atom stereocenters. The van der Waals surface area contributed by atoms with E-state index in [2.05, 4.69) is 10.4 Å². The Bertz CT molecular complexity index is 997. The number of carbonyl (C=O) groups excluding carboxylic acids is 2. The zero-order chi connectivity index (χ0) is 22.6. The molecule has 1 N–H and O–H groups in total. The van der Waals surface area contributed by atoms with Crippen LogP contribution in [0.5, 0.6) is 11.5 Å². The van der Waals surface area contributed by atoms with Gasteiger partial charge in [-0.15, -0.1) is 0 Å². The minimum atomic E-state index is -0.467. The lowest BCUT2D eigenvalue weighted by molar-refractivity contribution is -0.123. The van der Waals surface area contributed by atoms with Crippen LogP contribution in [0.3, 0.4) is 0 Å². The van der Waals surface area contributed by atoms with Crippen LogP contribution >= 0.6 is 11.8 Å². The lowest BCUT2D eigenvalue weighted by Crippen LogP contribution is -2.29. The zero-order valence-electron chi connectivity index (χ0n) is 18.4. The van der Waals surface area contributed by atoms with Crippen LogP contribution in [0.15, 0.2) is 47.6 Å². The molecule has 1 aliphatic heterocycles. The minimum Gasteiger partial charge on any atom is -0.493 e. The molecule has 0 radical (unpaired) electrons. The highest BCUT2D eigenvalue weighted by Crippen LogP contribution is 2.30. The fourth-order valence-electron chi connectivity index (χ4n) is 2.86. The molecule has 1 aliphatic rings. The molecule has 3 rings (SSSR count). The van der Waals surface area contributed by atoms with Crippen molar-refractivity contribution >= 4 is 34.3 Å². The van der Waals surface area contributed by atoms with Crippen LogP contribution < -0.4 is 14.8 Å². The van der Waals surface area contributed by atoms with Crippen LogP contribution in [-0.2, 0) is 11.3 Å². The van der Waals surface area contributed by atoms with Gasteiger partial charge in [0.2, 0.25) is 5.91 Å². The Labute approximate surface area is 186 Å². The summed E-state index contributed by atoms with van der Waals surface area (Å²) in [5, 5.41) is 8.83. The summed E-state index contributed by atoms with van der Waals surface area (Å²) < 4.78 is 10.7. The number of hydrazone groups is 1. The number of thioether (sulfide) groups is 1. The van der Waals surface area contributed by atoms with E-state index in [1.165, 1.54) is 16.8 Å². The van der Waals surface area contributed by atoms with E-state index in [4.69, 9.17) is 9.47 Å². The van der Waals surface area contributed by atoms with E-state index in [9.17, 15) is 9.59 Å². The molecule has 1 heterocycles. The number of hydrogen-bond acceptors (Lipinski definition) is 6. The Kier molecular flexibility index (Phi) is 6.90. The van der Waals surface area contributed by atoms with Gasteiger partial charge in [0, 0.05) is 22.4 Å². The van der Waals surface area contributed by atoms with Crippen molar-refractivity contribution in [3.63, 3.8) is 0 Å². The average molecular weight is 442 g/mol. The number of hydrogen-bond donors (Lipinski definition) is 1. The molecule has 0 saturated carbocycles. The number of ether oxygens (including phenoxy) is 2. The van der Waals surface area contributed by atoms with Crippen molar-refractivity contribution in [3.8, 4) is 11.5 Å². The van der Waals surface area contributed by atoms with E-state index < -0.39 is 5.41 Å². The molecule has 0 bridgehead atoms. The van der Waals surface area contributed by atoms with E-state index in [0.717, 1.165) is 22.5 Å². The van der Waals surface area contributed by atoms with Gasteiger partial charge in [0.15, 0.2) is 11.5 Å². The molecule has 0 fully saturated rings. The third-order valence-electron chi connectivity index (χ3n) is 4.73. The van der Waals surface area contributed by atoms with Gasteiger partial charge in [0.1, 0.15) is 0 Å². The highest BCUT2D eigenvalue weighted by Gasteiger charge is 2.24. The lowest BCUT2D eigenvalue weighted by atomic mass is 9.95. The largest absolute Gasteiger partial charge is 0.493 e. The van der Waals surface area contributed by atoms with Gasteiger partial charge in [-0.25, -0.2) is 5.01 Å². The molecule has 2 aromatic rings. The third kappa shape index (κ3) is 5.58. The SMILES string of the molecule is COc1ccc(C2=NN(Cc3ccc(NC(=O)C(C)(C)C)cc3)C(=O)SC2)cc1OC. The van der Waals surface area contributed by atoms with E-state index in [1.807, 2.05) is 63.2 Å². The molecule has 7 nitrogen and oxygen atoms in total. The van der Waals surface area contributed by atoms with Crippen molar-refractivity contribution in [2.45, 2.75) is 27.3 Å². The number of methoxy groups -OCH3 is 2. The zero-order valence-corrected chi connectivity index (χ0v) is 19.2. The first-order valence-corrected chi connectivity index (χ1v) is 10.8. The van der Waals surface area contributed by atoms with Gasteiger partial charge in [-0.3, -0.25) is 9.59 Å². The molecule has 0 saturated heterocycles. The van der Waals surface area contributed by atoms with E-state index in [1.54, 1.807) is 14.2 Å². The minimum absolute atomic E-state index is 0.0491. The quantitative estimate of drug-likeness (QED) is 0.699. The predicted octanol–water partition coefficient (Wildman–Crippen LogP) is 4.76. The van der Waals surface area contributed by atoms with Crippen LogP contribution in [0.2, 0.25) is 0 Å². The second-order valence-corrected chi connectivity index (χ2v) is 9.06. The van der Waals surface area contributed by atoms with Gasteiger partial charge in [-0.2, -0.15) is 5.10 Å². The summed E-state index contributed by atoms with van der Waals surface area (Å²) in [5.74, 6) is 1.70. The Morgan fingerprint density at radius 3 is 2.39 bits per heavy atom. The first-order valence-electron chi connectivity index (χ1n) is 9.86. The van der Waals surface area contributed by atoms with Crippen molar-refractivity contribution in [3.05, 3.63) is 53.6 Å². The smallest absolute Gasteiger partial charge is 0.302 e. The Morgan fingerprint density at radius 2 is 1.77 bits per heavy atom. The molecule has 2 amide bonds. The van der Waals surface area contributed by atoms with E-state index in [0.29, 0.717) is 23.8 Å². The summed E-state index contributed by atoms with van der Waals surface area (Å²) in [4.78, 5) is 24.5. The maximum atomic E-state index is 12.4. The molecule has 8 heteroatoms. The number of amides is 2. The number of nitrogens with zero attached hydrogens (tertiary/aromatic N) is 2. The fraction of sp³-hybridized carbons (Fsp3) is 0.348. The van der Waals surface area contributed by atoms with Gasteiger partial charge in [-0.1, -0.05) is 44.7 Å². The topological polar surface area (TPSA) is 80.2 Å². The van der Waals surface area contributed by atoms with Crippen LogP contribution in [-0.4, -0.2) is 41.8 Å². The van der Waals surface area contributed by atoms with Crippen molar-refractivity contribution in [2.75, 3.05) is 25.3 Å².